The van der Waals surface area contributed by atoms with Gasteiger partial charge in [0.25, 0.3) is 0 Å². The fourth-order valence-electron chi connectivity index (χ4n) is 8.59. The number of fused-ring (bicyclic) bond motifs is 7. The number of hydrogen-bond acceptors (Lipinski definition) is 10. The Bertz CT molecular complexity index is 2150. The van der Waals surface area contributed by atoms with Gasteiger partial charge in [-0.2, -0.15) is 20.3 Å². The first kappa shape index (κ1) is 28.6. The van der Waals surface area contributed by atoms with Crippen LogP contribution in [0.2, 0.25) is 0 Å². The standard InChI is InChI=1S/C33H32F3N9O2/c1-43-14-20-24-29(27(36)26(28(20)42-43)25-21(35)5-6-22-23(25)19(10-37)30(38)47-22)40-32(41-31(24)44-12-17-3-4-18(13-44)39-17)46-15-33-7-2-8-45(33)11-16(34)9-33/h5-6,14,16-18,39H,2-4,7-9,11-13,15,38H2,1H3/t16-,17-,18+,33+/m1/s1. The SMILES string of the molecule is Cn1cc2c(n1)c(-c1c(F)ccc3oc(N)c(C#N)c13)c(F)c1nc(OC[C@@]34CCCN3C[C@H](F)C4)nc(N3C[C@H]4CC[C@@H](C3)N4)c12. The molecule has 4 saturated heterocycles. The van der Waals surface area contributed by atoms with Gasteiger partial charge in [-0.15, -0.1) is 0 Å². The van der Waals surface area contributed by atoms with Gasteiger partial charge in [-0.3, -0.25) is 9.58 Å². The highest BCUT2D eigenvalue weighted by Crippen LogP contribution is 2.46. The second-order valence-corrected chi connectivity index (χ2v) is 13.5. The Morgan fingerprint density at radius 3 is 2.72 bits per heavy atom. The minimum Gasteiger partial charge on any atom is -0.461 e. The third kappa shape index (κ3) is 4.22. The first-order valence-electron chi connectivity index (χ1n) is 16.0. The lowest BCUT2D eigenvalue weighted by atomic mass is 9.94. The second-order valence-electron chi connectivity index (χ2n) is 13.5. The van der Waals surface area contributed by atoms with E-state index in [0.29, 0.717) is 42.6 Å². The number of nitriles is 1. The van der Waals surface area contributed by atoms with Gasteiger partial charge in [0, 0.05) is 62.3 Å². The molecule has 4 aliphatic rings. The summed E-state index contributed by atoms with van der Waals surface area (Å²) in [7, 11) is 1.70. The van der Waals surface area contributed by atoms with Crippen LogP contribution in [0.1, 0.15) is 37.7 Å². The summed E-state index contributed by atoms with van der Waals surface area (Å²) in [6.07, 6.45) is 4.96. The highest BCUT2D eigenvalue weighted by Gasteiger charge is 2.49. The monoisotopic (exact) mass is 643 g/mol. The van der Waals surface area contributed by atoms with Gasteiger partial charge in [0.2, 0.25) is 5.88 Å². The molecule has 2 aromatic carbocycles. The van der Waals surface area contributed by atoms with Gasteiger partial charge in [-0.05, 0) is 44.4 Å². The zero-order valence-electron chi connectivity index (χ0n) is 25.7. The molecule has 2 bridgehead atoms. The predicted molar refractivity (Wildman–Crippen MR) is 169 cm³/mol. The number of ether oxygens (including phenoxy) is 1. The van der Waals surface area contributed by atoms with Gasteiger partial charge in [-0.25, -0.2) is 13.2 Å². The molecule has 0 radical (unpaired) electrons. The fourth-order valence-corrected chi connectivity index (χ4v) is 8.59. The summed E-state index contributed by atoms with van der Waals surface area (Å²) in [5.41, 5.74) is 5.34. The minimum atomic E-state index is -0.935. The molecule has 0 aliphatic carbocycles. The largest absolute Gasteiger partial charge is 0.461 e. The third-order valence-electron chi connectivity index (χ3n) is 10.6. The highest BCUT2D eigenvalue weighted by atomic mass is 19.1. The van der Waals surface area contributed by atoms with Crippen molar-refractivity contribution in [2.24, 2.45) is 7.05 Å². The molecule has 14 heteroatoms. The summed E-state index contributed by atoms with van der Waals surface area (Å²) in [6, 6.07) is 4.98. The van der Waals surface area contributed by atoms with Crippen LogP contribution < -0.4 is 20.7 Å². The third-order valence-corrected chi connectivity index (χ3v) is 10.6. The number of nitrogens with one attached hydrogen (secondary N) is 1. The van der Waals surface area contributed by atoms with Crippen LogP contribution >= 0.6 is 0 Å². The summed E-state index contributed by atoms with van der Waals surface area (Å²) in [6.45, 7) is 2.65. The lowest BCUT2D eigenvalue weighted by Crippen LogP contribution is -2.51. The van der Waals surface area contributed by atoms with Crippen LogP contribution in [0, 0.1) is 23.0 Å². The van der Waals surface area contributed by atoms with Crippen LogP contribution in [-0.2, 0) is 7.05 Å². The maximum Gasteiger partial charge on any atom is 0.319 e. The number of nitrogens with zero attached hydrogens (tertiary/aromatic N) is 7. The van der Waals surface area contributed by atoms with E-state index in [1.807, 2.05) is 6.07 Å². The number of halogens is 3. The van der Waals surface area contributed by atoms with E-state index < -0.39 is 23.3 Å². The molecule has 0 saturated carbocycles. The van der Waals surface area contributed by atoms with Crippen molar-refractivity contribution in [3.05, 3.63) is 35.5 Å². The van der Waals surface area contributed by atoms with Crippen molar-refractivity contribution in [3.8, 4) is 23.2 Å². The van der Waals surface area contributed by atoms with Crippen molar-refractivity contribution in [1.82, 2.24) is 30.0 Å². The molecule has 3 N–H and O–H groups in total. The van der Waals surface area contributed by atoms with Crippen LogP contribution in [0.3, 0.4) is 0 Å². The summed E-state index contributed by atoms with van der Waals surface area (Å²) in [5, 5.41) is 19.2. The second kappa shape index (κ2) is 10.2. The number of hydrogen-bond donors (Lipinski definition) is 2. The first-order chi connectivity index (χ1) is 22.7. The maximum atomic E-state index is 17.3. The van der Waals surface area contributed by atoms with Gasteiger partial charge >= 0.3 is 6.01 Å². The van der Waals surface area contributed by atoms with Crippen molar-refractivity contribution in [3.63, 3.8) is 0 Å². The minimum absolute atomic E-state index is 0.0287. The van der Waals surface area contributed by atoms with Crippen LogP contribution in [0.25, 0.3) is 43.9 Å². The van der Waals surface area contributed by atoms with Crippen LogP contribution in [0.4, 0.5) is 24.9 Å². The number of aryl methyl sites for hydroxylation is 1. The molecule has 4 aliphatic heterocycles. The van der Waals surface area contributed by atoms with Crippen LogP contribution in [0.15, 0.2) is 22.7 Å². The number of nitrogen functional groups attached to an aromatic ring is 1. The lowest BCUT2D eigenvalue weighted by molar-refractivity contribution is 0.107. The van der Waals surface area contributed by atoms with Gasteiger partial charge in [0.15, 0.2) is 5.82 Å². The smallest absolute Gasteiger partial charge is 0.319 e. The van der Waals surface area contributed by atoms with E-state index >= 15 is 8.78 Å². The van der Waals surface area contributed by atoms with E-state index in [2.05, 4.69) is 25.2 Å². The van der Waals surface area contributed by atoms with Crippen molar-refractivity contribution in [1.29, 1.82) is 5.26 Å². The average Bonchev–Trinajstić information content (AvgIpc) is 3.84. The zero-order chi connectivity index (χ0) is 32.2. The molecule has 3 aromatic heterocycles. The van der Waals surface area contributed by atoms with E-state index in [4.69, 9.17) is 19.9 Å². The van der Waals surface area contributed by atoms with Gasteiger partial charge in [0.1, 0.15) is 52.7 Å². The quantitative estimate of drug-likeness (QED) is 0.281. The molecule has 47 heavy (non-hydrogen) atoms. The van der Waals surface area contributed by atoms with Gasteiger partial charge in [-0.1, -0.05) is 0 Å². The van der Waals surface area contributed by atoms with Crippen molar-refractivity contribution < 1.29 is 22.3 Å². The Kier molecular flexibility index (Phi) is 6.20. The Hall–Kier alpha value is -4.61. The number of piperazine rings is 1. The molecule has 0 spiro atoms. The molecule has 4 fully saturated rings. The number of nitrogens with two attached hydrogens (primary N) is 1. The first-order valence-corrected chi connectivity index (χ1v) is 16.0. The number of aromatic nitrogens is 4. The van der Waals surface area contributed by atoms with Gasteiger partial charge < -0.3 is 25.1 Å². The Balaban J connectivity index is 1.29. The summed E-state index contributed by atoms with van der Waals surface area (Å²) in [5.74, 6) is -1.29. The Morgan fingerprint density at radius 2 is 1.94 bits per heavy atom. The highest BCUT2D eigenvalue weighted by molar-refractivity contribution is 6.18. The van der Waals surface area contributed by atoms with Crippen LogP contribution in [0.5, 0.6) is 6.01 Å². The maximum absolute atomic E-state index is 17.3. The normalized spacial score (nSPS) is 25.8. The van der Waals surface area contributed by atoms with E-state index in [0.717, 1.165) is 38.3 Å². The summed E-state index contributed by atoms with van der Waals surface area (Å²) in [4.78, 5) is 13.8. The molecule has 0 unspecified atom stereocenters. The zero-order valence-corrected chi connectivity index (χ0v) is 25.7. The molecular weight excluding hydrogens is 611 g/mol. The molecule has 242 valence electrons. The summed E-state index contributed by atoms with van der Waals surface area (Å²) >= 11 is 0. The fraction of sp³-hybridized carbons (Fsp3) is 0.455. The Labute approximate surface area is 267 Å². The van der Waals surface area contributed by atoms with E-state index in [-0.39, 0.29) is 69.3 Å². The molecule has 0 amide bonds. The Morgan fingerprint density at radius 1 is 1.13 bits per heavy atom. The topological polar surface area (TPSA) is 134 Å². The predicted octanol–water partition coefficient (Wildman–Crippen LogP) is 4.56. The van der Waals surface area contributed by atoms with E-state index in [1.165, 1.54) is 10.7 Å². The molecule has 7 heterocycles. The molecule has 11 nitrogen and oxygen atoms in total. The average molecular weight is 644 g/mol. The lowest BCUT2D eigenvalue weighted by Gasteiger charge is -2.35. The van der Waals surface area contributed by atoms with Crippen molar-refractivity contribution in [2.75, 3.05) is 43.4 Å². The molecule has 9 rings (SSSR count). The molecule has 5 aromatic rings. The number of rotatable bonds is 5. The van der Waals surface area contributed by atoms with Crippen LogP contribution in [-0.4, -0.2) is 81.2 Å². The van der Waals surface area contributed by atoms with E-state index in [1.54, 1.807) is 13.2 Å². The molecular formula is C33H32F3N9O2. The number of furan rings is 1. The summed E-state index contributed by atoms with van der Waals surface area (Å²) < 4.78 is 61.2. The molecule has 4 atom stereocenters. The van der Waals surface area contributed by atoms with E-state index in [9.17, 15) is 9.65 Å². The van der Waals surface area contributed by atoms with Crippen molar-refractivity contribution in [2.45, 2.75) is 55.9 Å². The van der Waals surface area contributed by atoms with Gasteiger partial charge in [0.05, 0.1) is 21.9 Å². The number of alkyl halides is 1. The number of anilines is 2. The van der Waals surface area contributed by atoms with Crippen molar-refractivity contribution >= 4 is 44.5 Å². The number of benzene rings is 2.